The lowest BCUT2D eigenvalue weighted by molar-refractivity contribution is 0.0605. The van der Waals surface area contributed by atoms with Crippen LogP contribution in [0.3, 0.4) is 0 Å². The zero-order chi connectivity index (χ0) is 10.4. The molecule has 0 N–H and O–H groups in total. The second kappa shape index (κ2) is 5.26. The molecular weight excluding hydrogens is 202 g/mol. The van der Waals surface area contributed by atoms with Crippen LogP contribution in [0.1, 0.15) is 15.2 Å². The number of azide groups is 1. The third kappa shape index (κ3) is 2.48. The molecule has 0 unspecified atom stereocenters. The maximum Gasteiger partial charge on any atom is 0.348 e. The van der Waals surface area contributed by atoms with E-state index in [0.29, 0.717) is 17.8 Å². The van der Waals surface area contributed by atoms with E-state index in [4.69, 9.17) is 5.53 Å². The average Bonchev–Trinajstić information content (AvgIpc) is 2.65. The van der Waals surface area contributed by atoms with E-state index in [9.17, 15) is 4.79 Å². The van der Waals surface area contributed by atoms with Gasteiger partial charge in [0.2, 0.25) is 0 Å². The Morgan fingerprint density at radius 1 is 1.79 bits per heavy atom. The number of hydrogen-bond acceptors (Lipinski definition) is 4. The number of carbonyl (C=O) groups is 1. The molecule has 0 saturated carbocycles. The highest BCUT2D eigenvalue weighted by molar-refractivity contribution is 7.12. The third-order valence-corrected chi connectivity index (χ3v) is 2.60. The number of rotatable bonds is 4. The summed E-state index contributed by atoms with van der Waals surface area (Å²) in [4.78, 5) is 14.4. The first-order chi connectivity index (χ1) is 6.79. The molecule has 5 nitrogen and oxygen atoms in total. The van der Waals surface area contributed by atoms with Crippen LogP contribution in [0.4, 0.5) is 0 Å². The normalized spacial score (nSPS) is 9.21. The van der Waals surface area contributed by atoms with Crippen molar-refractivity contribution in [3.05, 3.63) is 32.3 Å². The summed E-state index contributed by atoms with van der Waals surface area (Å²) in [6.45, 7) is 0.358. The summed E-state index contributed by atoms with van der Waals surface area (Å²) in [6.07, 6.45) is 0.567. The van der Waals surface area contributed by atoms with Crippen molar-refractivity contribution < 1.29 is 9.53 Å². The number of ether oxygens (including phenoxy) is 1. The molecular formula is C8H9N3O2S. The Morgan fingerprint density at radius 3 is 3.21 bits per heavy atom. The van der Waals surface area contributed by atoms with E-state index in [1.54, 1.807) is 0 Å². The molecule has 1 aromatic heterocycles. The van der Waals surface area contributed by atoms with Crippen LogP contribution in [-0.2, 0) is 11.2 Å². The van der Waals surface area contributed by atoms with Crippen molar-refractivity contribution in [2.75, 3.05) is 13.7 Å². The maximum atomic E-state index is 11.2. The quantitative estimate of drug-likeness (QED) is 0.332. The molecule has 74 valence electrons. The van der Waals surface area contributed by atoms with Gasteiger partial charge in [-0.1, -0.05) is 5.11 Å². The molecule has 0 bridgehead atoms. The SMILES string of the molecule is COC(=O)c1sccc1CCN=[N+]=[N-]. The second-order valence-electron chi connectivity index (χ2n) is 2.47. The lowest BCUT2D eigenvalue weighted by Gasteiger charge is -1.98. The van der Waals surface area contributed by atoms with E-state index in [1.807, 2.05) is 11.4 Å². The average molecular weight is 211 g/mol. The van der Waals surface area contributed by atoms with Gasteiger partial charge in [0.25, 0.3) is 0 Å². The predicted molar refractivity (Wildman–Crippen MR) is 53.4 cm³/mol. The lowest BCUT2D eigenvalue weighted by Crippen LogP contribution is -2.02. The zero-order valence-corrected chi connectivity index (χ0v) is 8.45. The van der Waals surface area contributed by atoms with Crippen LogP contribution in [0.5, 0.6) is 0 Å². The van der Waals surface area contributed by atoms with Gasteiger partial charge in [0.15, 0.2) is 0 Å². The Hall–Kier alpha value is -1.52. The minimum Gasteiger partial charge on any atom is -0.465 e. The number of methoxy groups -OCH3 is 1. The molecule has 14 heavy (non-hydrogen) atoms. The van der Waals surface area contributed by atoms with Crippen LogP contribution in [0, 0.1) is 0 Å². The van der Waals surface area contributed by atoms with E-state index in [0.717, 1.165) is 5.56 Å². The molecule has 0 aliphatic heterocycles. The molecule has 0 aromatic carbocycles. The smallest absolute Gasteiger partial charge is 0.348 e. The van der Waals surface area contributed by atoms with Crippen molar-refractivity contribution in [1.82, 2.24) is 0 Å². The van der Waals surface area contributed by atoms with Gasteiger partial charge in [0, 0.05) is 11.5 Å². The first-order valence-electron chi connectivity index (χ1n) is 3.95. The van der Waals surface area contributed by atoms with E-state index >= 15 is 0 Å². The van der Waals surface area contributed by atoms with Crippen molar-refractivity contribution in [2.24, 2.45) is 5.11 Å². The second-order valence-corrected chi connectivity index (χ2v) is 3.39. The highest BCUT2D eigenvalue weighted by atomic mass is 32.1. The molecule has 0 aliphatic rings. The molecule has 1 heterocycles. The summed E-state index contributed by atoms with van der Waals surface area (Å²) >= 11 is 1.33. The van der Waals surface area contributed by atoms with Crippen molar-refractivity contribution in [1.29, 1.82) is 0 Å². The number of esters is 1. The number of thiophene rings is 1. The van der Waals surface area contributed by atoms with Crippen molar-refractivity contribution in [3.8, 4) is 0 Å². The van der Waals surface area contributed by atoms with E-state index in [1.165, 1.54) is 18.4 Å². The van der Waals surface area contributed by atoms with Crippen molar-refractivity contribution in [2.45, 2.75) is 6.42 Å². The summed E-state index contributed by atoms with van der Waals surface area (Å²) in [5.74, 6) is -0.337. The summed E-state index contributed by atoms with van der Waals surface area (Å²) in [5, 5.41) is 5.22. The highest BCUT2D eigenvalue weighted by Gasteiger charge is 2.12. The zero-order valence-electron chi connectivity index (χ0n) is 7.64. The third-order valence-electron chi connectivity index (χ3n) is 1.66. The van der Waals surface area contributed by atoms with Gasteiger partial charge in [-0.3, -0.25) is 0 Å². The monoisotopic (exact) mass is 211 g/mol. The summed E-state index contributed by atoms with van der Waals surface area (Å²) < 4.78 is 4.61. The summed E-state index contributed by atoms with van der Waals surface area (Å²) in [6, 6.07) is 1.84. The molecule has 0 atom stereocenters. The van der Waals surface area contributed by atoms with Gasteiger partial charge in [-0.25, -0.2) is 4.79 Å². The van der Waals surface area contributed by atoms with Gasteiger partial charge < -0.3 is 4.74 Å². The van der Waals surface area contributed by atoms with Crippen molar-refractivity contribution in [3.63, 3.8) is 0 Å². The molecule has 0 aliphatic carbocycles. The molecule has 1 aromatic rings. The molecule has 0 amide bonds. The predicted octanol–water partition coefficient (Wildman–Crippen LogP) is 2.39. The van der Waals surface area contributed by atoms with E-state index in [2.05, 4.69) is 14.8 Å². The topological polar surface area (TPSA) is 75.1 Å². The Balaban J connectivity index is 2.71. The molecule has 0 saturated heterocycles. The van der Waals surface area contributed by atoms with Crippen molar-refractivity contribution >= 4 is 17.3 Å². The molecule has 0 fully saturated rings. The minimum atomic E-state index is -0.337. The van der Waals surface area contributed by atoms with Gasteiger partial charge in [-0.15, -0.1) is 11.3 Å². The van der Waals surface area contributed by atoms with Gasteiger partial charge in [0.1, 0.15) is 4.88 Å². The molecule has 0 radical (unpaired) electrons. The van der Waals surface area contributed by atoms with Crippen LogP contribution in [0.25, 0.3) is 10.4 Å². The highest BCUT2D eigenvalue weighted by Crippen LogP contribution is 2.18. The Morgan fingerprint density at radius 2 is 2.57 bits per heavy atom. The summed E-state index contributed by atoms with van der Waals surface area (Å²) in [5.41, 5.74) is 8.96. The van der Waals surface area contributed by atoms with Gasteiger partial charge in [0.05, 0.1) is 7.11 Å². The molecule has 0 spiro atoms. The van der Waals surface area contributed by atoms with Crippen LogP contribution in [0.15, 0.2) is 16.6 Å². The molecule has 6 heteroatoms. The fourth-order valence-corrected chi connectivity index (χ4v) is 1.89. The number of nitrogens with zero attached hydrogens (tertiary/aromatic N) is 3. The van der Waals surface area contributed by atoms with Gasteiger partial charge >= 0.3 is 5.97 Å². The van der Waals surface area contributed by atoms with E-state index < -0.39 is 0 Å². The fourth-order valence-electron chi connectivity index (χ4n) is 1.02. The maximum absolute atomic E-state index is 11.2. The largest absolute Gasteiger partial charge is 0.465 e. The van der Waals surface area contributed by atoms with Crippen LogP contribution in [-0.4, -0.2) is 19.6 Å². The Labute approximate surface area is 84.9 Å². The Kier molecular flexibility index (Phi) is 3.97. The fraction of sp³-hybridized carbons (Fsp3) is 0.375. The Bertz CT molecular complexity index is 368. The standard InChI is InChI=1S/C8H9N3O2S/c1-13-8(12)7-6(3-5-14-7)2-4-10-11-9/h3,5H,2,4H2,1H3. The number of carbonyl (C=O) groups excluding carboxylic acids is 1. The van der Waals surface area contributed by atoms with Gasteiger partial charge in [-0.2, -0.15) is 0 Å². The minimum absolute atomic E-state index is 0.337. The summed E-state index contributed by atoms with van der Waals surface area (Å²) in [7, 11) is 1.35. The first-order valence-corrected chi connectivity index (χ1v) is 4.83. The van der Waals surface area contributed by atoms with Gasteiger partial charge in [-0.05, 0) is 29.0 Å². The van der Waals surface area contributed by atoms with Crippen LogP contribution in [0.2, 0.25) is 0 Å². The molecule has 1 rings (SSSR count). The van der Waals surface area contributed by atoms with Crippen LogP contribution < -0.4 is 0 Å². The van der Waals surface area contributed by atoms with E-state index in [-0.39, 0.29) is 5.97 Å². The first kappa shape index (κ1) is 10.6. The number of hydrogen-bond donors (Lipinski definition) is 0. The lowest BCUT2D eigenvalue weighted by atomic mass is 10.2. The van der Waals surface area contributed by atoms with Crippen LogP contribution >= 0.6 is 11.3 Å².